The second-order valence-electron chi connectivity index (χ2n) is 4.00. The molecule has 0 aliphatic heterocycles. The first-order valence-corrected chi connectivity index (χ1v) is 6.08. The lowest BCUT2D eigenvalue weighted by Crippen LogP contribution is -2.12. The number of carbonyl (C=O) groups excluding carboxylic acids is 1. The summed E-state index contributed by atoms with van der Waals surface area (Å²) in [5.41, 5.74) is 7.67. The maximum atomic E-state index is 12.2. The Bertz CT molecular complexity index is 577. The van der Waals surface area contributed by atoms with Gasteiger partial charge in [-0.2, -0.15) is 5.10 Å². The summed E-state index contributed by atoms with van der Waals surface area (Å²) < 4.78 is 1.61. The average Bonchev–Trinajstić information content (AvgIpc) is 2.70. The van der Waals surface area contributed by atoms with E-state index in [0.29, 0.717) is 22.9 Å². The third-order valence-electron chi connectivity index (χ3n) is 2.67. The number of hydrogen-bond acceptors (Lipinski definition) is 3. The lowest BCUT2D eigenvalue weighted by Gasteiger charge is -2.05. The van der Waals surface area contributed by atoms with Crippen molar-refractivity contribution in [1.29, 1.82) is 0 Å². The fraction of sp³-hybridized carbons (Fsp3) is 0.231. The van der Waals surface area contributed by atoms with E-state index in [2.05, 4.69) is 5.10 Å². The van der Waals surface area contributed by atoms with Crippen LogP contribution in [-0.4, -0.2) is 15.6 Å². The molecule has 18 heavy (non-hydrogen) atoms. The molecule has 0 amide bonds. The first kappa shape index (κ1) is 12.6. The highest BCUT2D eigenvalue weighted by atomic mass is 35.5. The van der Waals surface area contributed by atoms with Crippen LogP contribution < -0.4 is 5.73 Å². The van der Waals surface area contributed by atoms with Crippen LogP contribution in [0.2, 0.25) is 5.02 Å². The number of Topliss-reactive ketones (excluding diaryl/α,β-unsaturated/α-hetero) is 1. The van der Waals surface area contributed by atoms with E-state index in [1.54, 1.807) is 16.8 Å². The lowest BCUT2D eigenvalue weighted by molar-refractivity contribution is 0.0983. The van der Waals surface area contributed by atoms with Crippen LogP contribution in [0.15, 0.2) is 30.5 Å². The molecule has 2 N–H and O–H groups in total. The van der Waals surface area contributed by atoms with Crippen LogP contribution in [0.4, 0.5) is 5.69 Å². The Balaban J connectivity index is 2.24. The quantitative estimate of drug-likeness (QED) is 0.681. The molecule has 0 unspecified atom stereocenters. The molecular weight excluding hydrogens is 250 g/mol. The average molecular weight is 264 g/mol. The van der Waals surface area contributed by atoms with Gasteiger partial charge in [0.05, 0.1) is 11.2 Å². The number of anilines is 1. The number of rotatable bonds is 4. The summed E-state index contributed by atoms with van der Waals surface area (Å²) in [5, 5.41) is 4.45. The Morgan fingerprint density at radius 1 is 1.50 bits per heavy atom. The number of ketones is 1. The zero-order chi connectivity index (χ0) is 13.1. The minimum Gasteiger partial charge on any atom is -0.399 e. The van der Waals surface area contributed by atoms with Crippen LogP contribution >= 0.6 is 11.6 Å². The summed E-state index contributed by atoms with van der Waals surface area (Å²) >= 11 is 5.99. The second-order valence-corrected chi connectivity index (χ2v) is 4.41. The highest BCUT2D eigenvalue weighted by Crippen LogP contribution is 2.18. The number of aryl methyl sites for hydroxylation is 1. The molecule has 1 heterocycles. The van der Waals surface area contributed by atoms with Gasteiger partial charge >= 0.3 is 0 Å². The van der Waals surface area contributed by atoms with Crippen molar-refractivity contribution in [3.05, 3.63) is 46.7 Å². The fourth-order valence-corrected chi connectivity index (χ4v) is 2.10. The summed E-state index contributed by atoms with van der Waals surface area (Å²) in [5.74, 6) is -0.0510. The Labute approximate surface area is 110 Å². The third kappa shape index (κ3) is 2.54. The zero-order valence-electron chi connectivity index (χ0n) is 10.1. The third-order valence-corrected chi connectivity index (χ3v) is 2.95. The number of nitrogens with zero attached hydrogens (tertiary/aromatic N) is 2. The molecule has 0 aliphatic carbocycles. The van der Waals surface area contributed by atoms with Crippen molar-refractivity contribution in [2.24, 2.45) is 0 Å². The number of aromatic nitrogens is 2. The van der Waals surface area contributed by atoms with Crippen LogP contribution in [0.1, 0.15) is 23.0 Å². The standard InChI is InChI=1S/C13H14ClN3O/c1-2-17-13(11(14)8-16-17)12(18)7-9-4-3-5-10(15)6-9/h3-6,8H,2,7,15H2,1H3. The predicted octanol–water partition coefficient (Wildman–Crippen LogP) is 2.56. The molecule has 94 valence electrons. The second kappa shape index (κ2) is 5.23. The number of nitrogens with two attached hydrogens (primary N) is 1. The minimum atomic E-state index is -0.0510. The van der Waals surface area contributed by atoms with Crippen molar-refractivity contribution < 1.29 is 4.79 Å². The monoisotopic (exact) mass is 263 g/mol. The molecule has 0 radical (unpaired) electrons. The van der Waals surface area contributed by atoms with Crippen LogP contribution in [0.3, 0.4) is 0 Å². The van der Waals surface area contributed by atoms with Gasteiger partial charge in [-0.3, -0.25) is 9.48 Å². The van der Waals surface area contributed by atoms with E-state index in [1.807, 2.05) is 19.1 Å². The number of nitrogen functional groups attached to an aromatic ring is 1. The molecule has 2 aromatic rings. The highest BCUT2D eigenvalue weighted by Gasteiger charge is 2.16. The van der Waals surface area contributed by atoms with Crippen molar-refractivity contribution in [3.63, 3.8) is 0 Å². The molecule has 0 fully saturated rings. The van der Waals surface area contributed by atoms with E-state index in [-0.39, 0.29) is 12.2 Å². The lowest BCUT2D eigenvalue weighted by atomic mass is 10.1. The van der Waals surface area contributed by atoms with Crippen molar-refractivity contribution >= 4 is 23.1 Å². The number of benzene rings is 1. The fourth-order valence-electron chi connectivity index (χ4n) is 1.85. The first-order chi connectivity index (χ1) is 8.61. The molecule has 0 atom stereocenters. The molecule has 0 saturated carbocycles. The van der Waals surface area contributed by atoms with Gasteiger partial charge in [0, 0.05) is 18.7 Å². The van der Waals surface area contributed by atoms with Crippen LogP contribution in [0, 0.1) is 0 Å². The molecular formula is C13H14ClN3O. The van der Waals surface area contributed by atoms with E-state index in [9.17, 15) is 4.79 Å². The normalized spacial score (nSPS) is 10.6. The largest absolute Gasteiger partial charge is 0.399 e. The number of hydrogen-bond donors (Lipinski definition) is 1. The van der Waals surface area contributed by atoms with Crippen molar-refractivity contribution in [3.8, 4) is 0 Å². The molecule has 5 heteroatoms. The summed E-state index contributed by atoms with van der Waals surface area (Å²) in [6.07, 6.45) is 1.77. The van der Waals surface area contributed by atoms with Crippen LogP contribution in [0.25, 0.3) is 0 Å². The maximum absolute atomic E-state index is 12.2. The predicted molar refractivity (Wildman–Crippen MR) is 71.8 cm³/mol. The molecule has 4 nitrogen and oxygen atoms in total. The summed E-state index contributed by atoms with van der Waals surface area (Å²) in [4.78, 5) is 12.2. The molecule has 2 rings (SSSR count). The Morgan fingerprint density at radius 2 is 2.28 bits per heavy atom. The van der Waals surface area contributed by atoms with Gasteiger partial charge in [0.1, 0.15) is 5.69 Å². The summed E-state index contributed by atoms with van der Waals surface area (Å²) in [6, 6.07) is 7.28. The summed E-state index contributed by atoms with van der Waals surface area (Å²) in [7, 11) is 0. The Hall–Kier alpha value is -1.81. The zero-order valence-corrected chi connectivity index (χ0v) is 10.8. The van der Waals surface area contributed by atoms with Gasteiger partial charge in [-0.25, -0.2) is 0 Å². The van der Waals surface area contributed by atoms with Crippen molar-refractivity contribution in [2.75, 3.05) is 5.73 Å². The SMILES string of the molecule is CCn1ncc(Cl)c1C(=O)Cc1cccc(N)c1. The first-order valence-electron chi connectivity index (χ1n) is 5.70. The Morgan fingerprint density at radius 3 is 2.94 bits per heavy atom. The topological polar surface area (TPSA) is 60.9 Å². The molecule has 0 saturated heterocycles. The summed E-state index contributed by atoms with van der Waals surface area (Å²) in [6.45, 7) is 2.53. The van der Waals surface area contributed by atoms with Gasteiger partial charge in [0.2, 0.25) is 0 Å². The molecule has 0 aliphatic rings. The number of carbonyl (C=O) groups is 1. The van der Waals surface area contributed by atoms with Crippen LogP contribution in [-0.2, 0) is 13.0 Å². The van der Waals surface area contributed by atoms with Gasteiger partial charge in [-0.1, -0.05) is 23.7 Å². The van der Waals surface area contributed by atoms with E-state index >= 15 is 0 Å². The van der Waals surface area contributed by atoms with Crippen molar-refractivity contribution in [2.45, 2.75) is 19.9 Å². The van der Waals surface area contributed by atoms with Crippen LogP contribution in [0.5, 0.6) is 0 Å². The smallest absolute Gasteiger partial charge is 0.186 e. The van der Waals surface area contributed by atoms with Crippen molar-refractivity contribution in [1.82, 2.24) is 9.78 Å². The van der Waals surface area contributed by atoms with Gasteiger partial charge in [-0.05, 0) is 24.6 Å². The molecule has 1 aromatic carbocycles. The molecule has 0 bridgehead atoms. The van der Waals surface area contributed by atoms with E-state index in [4.69, 9.17) is 17.3 Å². The van der Waals surface area contributed by atoms with E-state index < -0.39 is 0 Å². The van der Waals surface area contributed by atoms with Gasteiger partial charge < -0.3 is 5.73 Å². The molecule has 1 aromatic heterocycles. The van der Waals surface area contributed by atoms with Gasteiger partial charge in [0.15, 0.2) is 5.78 Å². The van der Waals surface area contributed by atoms with E-state index in [1.165, 1.54) is 6.20 Å². The number of halogens is 1. The maximum Gasteiger partial charge on any atom is 0.186 e. The van der Waals surface area contributed by atoms with Gasteiger partial charge in [0.25, 0.3) is 0 Å². The Kier molecular flexibility index (Phi) is 3.67. The highest BCUT2D eigenvalue weighted by molar-refractivity contribution is 6.33. The molecule has 0 spiro atoms. The van der Waals surface area contributed by atoms with Gasteiger partial charge in [-0.15, -0.1) is 0 Å². The van der Waals surface area contributed by atoms with E-state index in [0.717, 1.165) is 5.56 Å². The minimum absolute atomic E-state index is 0.0510.